The van der Waals surface area contributed by atoms with Crippen molar-refractivity contribution in [3.05, 3.63) is 24.2 Å². The number of guanidine groups is 1. The summed E-state index contributed by atoms with van der Waals surface area (Å²) >= 11 is 0. The highest BCUT2D eigenvalue weighted by Gasteiger charge is 2.25. The van der Waals surface area contributed by atoms with Crippen LogP contribution < -0.4 is 5.32 Å². The predicted octanol–water partition coefficient (Wildman–Crippen LogP) is 1.34. The fourth-order valence-corrected chi connectivity index (χ4v) is 3.62. The van der Waals surface area contributed by atoms with Gasteiger partial charge in [0.1, 0.15) is 0 Å². The average molecular weight is 361 g/mol. The van der Waals surface area contributed by atoms with Gasteiger partial charge in [-0.3, -0.25) is 9.79 Å². The third-order valence-corrected chi connectivity index (χ3v) is 5.40. The largest absolute Gasteiger partial charge is 0.459 e. The van der Waals surface area contributed by atoms with Crippen LogP contribution in [0.1, 0.15) is 30.3 Å². The van der Waals surface area contributed by atoms with Crippen molar-refractivity contribution in [2.75, 3.05) is 59.4 Å². The number of amides is 1. The molecule has 0 atom stereocenters. The Morgan fingerprint density at radius 1 is 1.19 bits per heavy atom. The molecule has 3 rings (SSSR count). The molecule has 7 heteroatoms. The molecule has 2 saturated heterocycles. The second kappa shape index (κ2) is 9.07. The fraction of sp³-hybridized carbons (Fsp3) is 0.684. The van der Waals surface area contributed by atoms with Gasteiger partial charge in [0.05, 0.1) is 6.26 Å². The maximum atomic E-state index is 12.3. The molecule has 26 heavy (non-hydrogen) atoms. The molecule has 0 radical (unpaired) electrons. The van der Waals surface area contributed by atoms with Crippen LogP contribution in [0.4, 0.5) is 0 Å². The monoisotopic (exact) mass is 361 g/mol. The number of likely N-dealkylation sites (tertiary alicyclic amines) is 1. The van der Waals surface area contributed by atoms with E-state index >= 15 is 0 Å². The minimum Gasteiger partial charge on any atom is -0.459 e. The highest BCUT2D eigenvalue weighted by Crippen LogP contribution is 2.15. The molecular formula is C19H31N5O2. The lowest BCUT2D eigenvalue weighted by Crippen LogP contribution is -2.54. The van der Waals surface area contributed by atoms with Gasteiger partial charge in [-0.2, -0.15) is 0 Å². The lowest BCUT2D eigenvalue weighted by molar-refractivity contribution is 0.0657. The van der Waals surface area contributed by atoms with Crippen molar-refractivity contribution in [3.63, 3.8) is 0 Å². The van der Waals surface area contributed by atoms with Crippen molar-refractivity contribution in [1.29, 1.82) is 0 Å². The Morgan fingerprint density at radius 3 is 2.50 bits per heavy atom. The number of carbonyl (C=O) groups is 1. The molecule has 0 aromatic carbocycles. The van der Waals surface area contributed by atoms with Gasteiger partial charge < -0.3 is 24.4 Å². The van der Waals surface area contributed by atoms with Gasteiger partial charge in [0.25, 0.3) is 5.91 Å². The zero-order valence-corrected chi connectivity index (χ0v) is 16.0. The number of aliphatic imine (C=N–C) groups is 1. The molecule has 1 aromatic heterocycles. The van der Waals surface area contributed by atoms with E-state index in [2.05, 4.69) is 27.0 Å². The van der Waals surface area contributed by atoms with Gasteiger partial charge >= 0.3 is 0 Å². The molecule has 2 aliphatic heterocycles. The minimum absolute atomic E-state index is 0.0306. The van der Waals surface area contributed by atoms with E-state index < -0.39 is 0 Å². The summed E-state index contributed by atoms with van der Waals surface area (Å²) in [7, 11) is 1.82. The molecule has 0 spiro atoms. The molecule has 144 valence electrons. The predicted molar refractivity (Wildman–Crippen MR) is 102 cm³/mol. The Bertz CT molecular complexity index is 585. The van der Waals surface area contributed by atoms with Crippen LogP contribution in [0.5, 0.6) is 0 Å². The second-order valence-corrected chi connectivity index (χ2v) is 7.25. The van der Waals surface area contributed by atoms with Crippen LogP contribution in [0.2, 0.25) is 0 Å². The maximum Gasteiger partial charge on any atom is 0.289 e. The molecule has 0 unspecified atom stereocenters. The van der Waals surface area contributed by atoms with E-state index in [1.165, 1.54) is 32.2 Å². The topological polar surface area (TPSA) is 64.3 Å². The van der Waals surface area contributed by atoms with Gasteiger partial charge in [-0.15, -0.1) is 0 Å². The number of hydrogen-bond acceptors (Lipinski definition) is 4. The molecular weight excluding hydrogens is 330 g/mol. The normalized spacial score (nSPS) is 20.5. The van der Waals surface area contributed by atoms with E-state index in [0.717, 1.165) is 38.1 Å². The highest BCUT2D eigenvalue weighted by molar-refractivity contribution is 5.91. The van der Waals surface area contributed by atoms with Gasteiger partial charge in [0.2, 0.25) is 0 Å². The number of carbonyl (C=O) groups excluding carboxylic acids is 1. The number of nitrogens with zero attached hydrogens (tertiary/aromatic N) is 4. The van der Waals surface area contributed by atoms with Crippen molar-refractivity contribution in [2.24, 2.45) is 10.9 Å². The van der Waals surface area contributed by atoms with Crippen LogP contribution in [0.15, 0.2) is 27.8 Å². The Hall–Kier alpha value is -2.02. The van der Waals surface area contributed by atoms with Gasteiger partial charge in [0.15, 0.2) is 11.7 Å². The summed E-state index contributed by atoms with van der Waals surface area (Å²) in [5.74, 6) is 2.18. The lowest BCUT2D eigenvalue weighted by Gasteiger charge is -2.36. The van der Waals surface area contributed by atoms with Gasteiger partial charge in [-0.05, 0) is 44.0 Å². The first-order chi connectivity index (χ1) is 12.7. The van der Waals surface area contributed by atoms with Crippen LogP contribution in [-0.2, 0) is 0 Å². The van der Waals surface area contributed by atoms with E-state index in [-0.39, 0.29) is 5.91 Å². The molecule has 2 fully saturated rings. The SMILES string of the molecule is CN=C(NCCN1CCC(C)CC1)N1CCN(C(=O)c2ccco2)CC1. The van der Waals surface area contributed by atoms with Crippen LogP contribution in [-0.4, -0.2) is 86.0 Å². The van der Waals surface area contributed by atoms with Crippen LogP contribution in [0, 0.1) is 5.92 Å². The molecule has 1 amide bonds. The summed E-state index contributed by atoms with van der Waals surface area (Å²) in [5, 5.41) is 3.48. The van der Waals surface area contributed by atoms with Crippen molar-refractivity contribution in [3.8, 4) is 0 Å². The number of piperidine rings is 1. The summed E-state index contributed by atoms with van der Waals surface area (Å²) in [4.78, 5) is 23.4. The smallest absolute Gasteiger partial charge is 0.289 e. The standard InChI is InChI=1S/C19H31N5O2/c1-16-5-8-22(9-6-16)10-7-21-19(20-2)24-13-11-23(12-14-24)18(25)17-4-3-15-26-17/h3-4,15-16H,5-14H2,1-2H3,(H,20,21). The van der Waals surface area contributed by atoms with Crippen molar-refractivity contribution >= 4 is 11.9 Å². The first kappa shape index (κ1) is 18.8. The molecule has 0 bridgehead atoms. The summed E-state index contributed by atoms with van der Waals surface area (Å²) in [6, 6.07) is 3.47. The second-order valence-electron chi connectivity index (χ2n) is 7.25. The van der Waals surface area contributed by atoms with Gasteiger partial charge in [-0.25, -0.2) is 0 Å². The van der Waals surface area contributed by atoms with E-state index in [9.17, 15) is 4.79 Å². The summed E-state index contributed by atoms with van der Waals surface area (Å²) in [5.41, 5.74) is 0. The highest BCUT2D eigenvalue weighted by atomic mass is 16.3. The molecule has 0 aliphatic carbocycles. The van der Waals surface area contributed by atoms with Gasteiger partial charge in [0, 0.05) is 46.3 Å². The average Bonchev–Trinajstić information content (AvgIpc) is 3.21. The molecule has 2 aliphatic rings. The van der Waals surface area contributed by atoms with E-state index in [1.807, 2.05) is 11.9 Å². The third kappa shape index (κ3) is 4.78. The van der Waals surface area contributed by atoms with Gasteiger partial charge in [-0.1, -0.05) is 6.92 Å². The molecule has 1 aromatic rings. The van der Waals surface area contributed by atoms with E-state index in [4.69, 9.17) is 4.42 Å². The summed E-state index contributed by atoms with van der Waals surface area (Å²) in [6.07, 6.45) is 4.15. The molecule has 3 heterocycles. The Labute approximate surface area is 156 Å². The fourth-order valence-electron chi connectivity index (χ4n) is 3.62. The Kier molecular flexibility index (Phi) is 6.55. The number of furan rings is 1. The van der Waals surface area contributed by atoms with Crippen molar-refractivity contribution in [2.45, 2.75) is 19.8 Å². The molecule has 0 saturated carbocycles. The third-order valence-electron chi connectivity index (χ3n) is 5.40. The first-order valence-corrected chi connectivity index (χ1v) is 9.68. The minimum atomic E-state index is -0.0306. The van der Waals surface area contributed by atoms with Crippen LogP contribution in [0.25, 0.3) is 0 Å². The number of rotatable bonds is 4. The van der Waals surface area contributed by atoms with Crippen LogP contribution >= 0.6 is 0 Å². The van der Waals surface area contributed by atoms with E-state index in [1.54, 1.807) is 12.1 Å². The lowest BCUT2D eigenvalue weighted by atomic mass is 9.99. The van der Waals surface area contributed by atoms with Crippen LogP contribution in [0.3, 0.4) is 0 Å². The van der Waals surface area contributed by atoms with E-state index in [0.29, 0.717) is 18.8 Å². The first-order valence-electron chi connectivity index (χ1n) is 9.68. The Morgan fingerprint density at radius 2 is 1.88 bits per heavy atom. The number of hydrogen-bond donors (Lipinski definition) is 1. The number of nitrogens with one attached hydrogen (secondary N) is 1. The van der Waals surface area contributed by atoms with Crippen molar-refractivity contribution in [1.82, 2.24) is 20.0 Å². The molecule has 1 N–H and O–H groups in total. The number of piperazine rings is 1. The molecule has 7 nitrogen and oxygen atoms in total. The quantitative estimate of drug-likeness (QED) is 0.648. The zero-order chi connectivity index (χ0) is 18.4. The summed E-state index contributed by atoms with van der Waals surface area (Å²) in [6.45, 7) is 9.65. The zero-order valence-electron chi connectivity index (χ0n) is 16.0. The van der Waals surface area contributed by atoms with Crippen molar-refractivity contribution < 1.29 is 9.21 Å². The Balaban J connectivity index is 1.40. The maximum absolute atomic E-state index is 12.3. The summed E-state index contributed by atoms with van der Waals surface area (Å²) < 4.78 is 5.22.